The fourth-order valence-electron chi connectivity index (χ4n) is 2.75. The molecule has 2 heterocycles. The van der Waals surface area contributed by atoms with Crippen LogP contribution in [-0.4, -0.2) is 73.6 Å². The van der Waals surface area contributed by atoms with Gasteiger partial charge in [0, 0.05) is 14.1 Å². The van der Waals surface area contributed by atoms with Crippen molar-refractivity contribution in [3.8, 4) is 0 Å². The maximum atomic E-state index is 12.0. The largest absolute Gasteiger partial charge is 0.446 e. The second-order valence-corrected chi connectivity index (χ2v) is 6.36. The van der Waals surface area contributed by atoms with E-state index in [1.54, 1.807) is 19.0 Å². The summed E-state index contributed by atoms with van der Waals surface area (Å²) in [5.41, 5.74) is 0.116. The number of carbonyl (C=O) groups excluding carboxylic acids is 2. The van der Waals surface area contributed by atoms with E-state index in [9.17, 15) is 9.59 Å². The zero-order valence-electron chi connectivity index (χ0n) is 12.5. The van der Waals surface area contributed by atoms with E-state index in [2.05, 4.69) is 0 Å². The molecule has 2 amide bonds. The summed E-state index contributed by atoms with van der Waals surface area (Å²) in [6, 6.07) is 0. The van der Waals surface area contributed by atoms with Gasteiger partial charge in [-0.2, -0.15) is 0 Å². The number of ether oxygens (including phenoxy) is 3. The third-order valence-corrected chi connectivity index (χ3v) is 4.40. The van der Waals surface area contributed by atoms with Gasteiger partial charge >= 0.3 is 12.2 Å². The highest BCUT2D eigenvalue weighted by molar-refractivity contribution is 5.70. The average Bonchev–Trinajstić information content (AvgIpc) is 3.15. The van der Waals surface area contributed by atoms with Gasteiger partial charge in [-0.1, -0.05) is 0 Å². The molecule has 0 radical (unpaired) electrons. The second kappa shape index (κ2) is 5.36. The van der Waals surface area contributed by atoms with Crippen molar-refractivity contribution in [2.24, 2.45) is 0 Å². The highest BCUT2D eigenvalue weighted by atomic mass is 16.6. The van der Waals surface area contributed by atoms with Crippen molar-refractivity contribution >= 4 is 12.2 Å². The van der Waals surface area contributed by atoms with E-state index < -0.39 is 0 Å². The van der Waals surface area contributed by atoms with Crippen molar-refractivity contribution in [3.05, 3.63) is 0 Å². The second-order valence-electron chi connectivity index (χ2n) is 6.36. The zero-order valence-corrected chi connectivity index (χ0v) is 12.5. The highest BCUT2D eigenvalue weighted by Gasteiger charge is 2.48. The summed E-state index contributed by atoms with van der Waals surface area (Å²) in [6.45, 7) is 1.69. The van der Waals surface area contributed by atoms with E-state index in [-0.39, 0.29) is 30.0 Å². The van der Waals surface area contributed by atoms with Crippen molar-refractivity contribution in [1.82, 2.24) is 9.80 Å². The first-order valence-electron chi connectivity index (χ1n) is 7.45. The fourth-order valence-corrected chi connectivity index (χ4v) is 2.75. The topological polar surface area (TPSA) is 71.6 Å². The molecule has 21 heavy (non-hydrogen) atoms. The third kappa shape index (κ3) is 3.23. The molecule has 3 fully saturated rings. The normalized spacial score (nSPS) is 31.5. The van der Waals surface area contributed by atoms with Crippen LogP contribution in [0.1, 0.15) is 25.7 Å². The van der Waals surface area contributed by atoms with Crippen molar-refractivity contribution in [2.75, 3.05) is 33.8 Å². The highest BCUT2D eigenvalue weighted by Crippen LogP contribution is 2.42. The number of amides is 2. The van der Waals surface area contributed by atoms with Gasteiger partial charge in [0.1, 0.15) is 12.2 Å². The van der Waals surface area contributed by atoms with E-state index in [1.807, 2.05) is 0 Å². The van der Waals surface area contributed by atoms with Crippen molar-refractivity contribution in [1.29, 1.82) is 0 Å². The van der Waals surface area contributed by atoms with Gasteiger partial charge in [-0.15, -0.1) is 0 Å². The minimum absolute atomic E-state index is 0.00398. The Bertz CT molecular complexity index is 419. The average molecular weight is 298 g/mol. The molecule has 0 aromatic carbocycles. The van der Waals surface area contributed by atoms with Gasteiger partial charge in [-0.25, -0.2) is 9.59 Å². The zero-order chi connectivity index (χ0) is 15.0. The molecule has 3 rings (SSSR count). The Kier molecular flexibility index (Phi) is 3.69. The first-order chi connectivity index (χ1) is 9.97. The lowest BCUT2D eigenvalue weighted by Crippen LogP contribution is -2.56. The summed E-state index contributed by atoms with van der Waals surface area (Å²) in [5.74, 6) is 0. The predicted molar refractivity (Wildman–Crippen MR) is 72.9 cm³/mol. The first kappa shape index (κ1) is 14.4. The molecule has 0 aromatic heterocycles. The van der Waals surface area contributed by atoms with E-state index in [1.165, 1.54) is 4.90 Å². The number of hydrogen-bond acceptors (Lipinski definition) is 5. The molecule has 3 aliphatic rings. The molecule has 7 nitrogen and oxygen atoms in total. The molecule has 118 valence electrons. The van der Waals surface area contributed by atoms with Crippen LogP contribution in [0.25, 0.3) is 0 Å². The maximum Gasteiger partial charge on any atom is 0.410 e. The van der Waals surface area contributed by atoms with Crippen LogP contribution in [0.4, 0.5) is 9.59 Å². The van der Waals surface area contributed by atoms with Crippen LogP contribution in [0.15, 0.2) is 0 Å². The molecular weight excluding hydrogens is 276 g/mol. The first-order valence-corrected chi connectivity index (χ1v) is 7.45. The van der Waals surface area contributed by atoms with Crippen molar-refractivity contribution in [3.63, 3.8) is 0 Å². The Morgan fingerprint density at radius 1 is 1.14 bits per heavy atom. The molecule has 7 heteroatoms. The Labute approximate surface area is 124 Å². The Hall–Kier alpha value is -1.50. The summed E-state index contributed by atoms with van der Waals surface area (Å²) in [6.07, 6.45) is 2.80. The molecule has 0 unspecified atom stereocenters. The van der Waals surface area contributed by atoms with E-state index in [0.29, 0.717) is 13.1 Å². The molecule has 1 aliphatic carbocycles. The van der Waals surface area contributed by atoms with Gasteiger partial charge in [0.25, 0.3) is 0 Å². The summed E-state index contributed by atoms with van der Waals surface area (Å²) in [4.78, 5) is 26.3. The van der Waals surface area contributed by atoms with Crippen LogP contribution in [0.3, 0.4) is 0 Å². The summed E-state index contributed by atoms with van der Waals surface area (Å²) in [7, 11) is 3.26. The SMILES string of the molecule is CN(C)C(=O)OC1CN(C(=O)OC2CCC3(CC2)CO3)C1. The summed E-state index contributed by atoms with van der Waals surface area (Å²) in [5, 5.41) is 0. The molecule has 2 saturated heterocycles. The molecule has 1 saturated carbocycles. The Morgan fingerprint density at radius 2 is 1.76 bits per heavy atom. The van der Waals surface area contributed by atoms with Gasteiger partial charge < -0.3 is 24.0 Å². The van der Waals surface area contributed by atoms with Crippen LogP contribution in [0.5, 0.6) is 0 Å². The lowest BCUT2D eigenvalue weighted by molar-refractivity contribution is -0.0359. The number of rotatable bonds is 2. The van der Waals surface area contributed by atoms with Crippen molar-refractivity contribution < 1.29 is 23.8 Å². The minimum atomic E-state index is -0.380. The fraction of sp³-hybridized carbons (Fsp3) is 0.857. The summed E-state index contributed by atoms with van der Waals surface area (Å²) >= 11 is 0. The lowest BCUT2D eigenvalue weighted by atomic mass is 9.88. The quantitative estimate of drug-likeness (QED) is 0.717. The van der Waals surface area contributed by atoms with Crippen LogP contribution >= 0.6 is 0 Å². The Balaban J connectivity index is 1.35. The van der Waals surface area contributed by atoms with E-state index in [4.69, 9.17) is 14.2 Å². The van der Waals surface area contributed by atoms with E-state index in [0.717, 1.165) is 32.3 Å². The van der Waals surface area contributed by atoms with Gasteiger partial charge in [0.2, 0.25) is 0 Å². The number of likely N-dealkylation sites (tertiary alicyclic amines) is 1. The smallest absolute Gasteiger partial charge is 0.410 e. The summed E-state index contributed by atoms with van der Waals surface area (Å²) < 4.78 is 16.1. The molecular formula is C14H22N2O5. The standard InChI is InChI=1S/C14H22N2O5/c1-15(2)12(17)21-11-7-16(8-11)13(18)20-10-3-5-14(6-4-10)9-19-14/h10-11H,3-9H2,1-2H3. The third-order valence-electron chi connectivity index (χ3n) is 4.40. The van der Waals surface area contributed by atoms with Crippen LogP contribution in [-0.2, 0) is 14.2 Å². The van der Waals surface area contributed by atoms with Gasteiger partial charge in [0.15, 0.2) is 0 Å². The lowest BCUT2D eigenvalue weighted by Gasteiger charge is -2.39. The number of epoxide rings is 1. The number of nitrogens with zero attached hydrogens (tertiary/aromatic N) is 2. The van der Waals surface area contributed by atoms with Gasteiger partial charge in [-0.3, -0.25) is 0 Å². The van der Waals surface area contributed by atoms with Crippen LogP contribution < -0.4 is 0 Å². The number of hydrogen-bond donors (Lipinski definition) is 0. The van der Waals surface area contributed by atoms with Gasteiger partial charge in [-0.05, 0) is 25.7 Å². The molecule has 0 bridgehead atoms. The van der Waals surface area contributed by atoms with Crippen LogP contribution in [0.2, 0.25) is 0 Å². The van der Waals surface area contributed by atoms with Gasteiger partial charge in [0.05, 0.1) is 25.3 Å². The van der Waals surface area contributed by atoms with Crippen molar-refractivity contribution in [2.45, 2.75) is 43.5 Å². The maximum absolute atomic E-state index is 12.0. The number of carbonyl (C=O) groups is 2. The Morgan fingerprint density at radius 3 is 2.29 bits per heavy atom. The molecule has 0 atom stereocenters. The van der Waals surface area contributed by atoms with E-state index >= 15 is 0 Å². The predicted octanol–water partition coefficient (Wildman–Crippen LogP) is 1.22. The molecule has 1 spiro atoms. The van der Waals surface area contributed by atoms with Crippen LogP contribution in [0, 0.1) is 0 Å². The molecule has 0 N–H and O–H groups in total. The monoisotopic (exact) mass is 298 g/mol. The minimum Gasteiger partial charge on any atom is -0.446 e. The molecule has 0 aromatic rings. The molecule has 2 aliphatic heterocycles.